The standard InChI is InChI=1S/C11H17N3OS/c1-11(2,3)10-13-6-8-7-16(12,15)5-4-9(8)14-10/h6,12H,4-5,7H2,1-3H3/t16-/m1/s1. The molecule has 0 amide bonds. The Bertz CT molecular complexity index is 515. The third-order valence-electron chi connectivity index (χ3n) is 2.68. The van der Waals surface area contributed by atoms with Crippen molar-refractivity contribution in [2.24, 2.45) is 0 Å². The second-order valence-electron chi connectivity index (χ2n) is 5.33. The van der Waals surface area contributed by atoms with Crippen molar-refractivity contribution in [1.82, 2.24) is 9.97 Å². The fourth-order valence-corrected chi connectivity index (χ4v) is 3.14. The van der Waals surface area contributed by atoms with E-state index in [9.17, 15) is 4.21 Å². The molecule has 1 N–H and O–H groups in total. The molecule has 16 heavy (non-hydrogen) atoms. The fourth-order valence-electron chi connectivity index (χ4n) is 1.73. The second kappa shape index (κ2) is 3.52. The summed E-state index contributed by atoms with van der Waals surface area (Å²) in [5.41, 5.74) is 1.81. The lowest BCUT2D eigenvalue weighted by atomic mass is 9.95. The van der Waals surface area contributed by atoms with Gasteiger partial charge >= 0.3 is 0 Å². The summed E-state index contributed by atoms with van der Waals surface area (Å²) in [5, 5.41) is 0. The molecule has 88 valence electrons. The van der Waals surface area contributed by atoms with Crippen molar-refractivity contribution in [1.29, 1.82) is 4.78 Å². The first-order chi connectivity index (χ1) is 7.28. The number of nitrogens with zero attached hydrogens (tertiary/aromatic N) is 2. The maximum absolute atomic E-state index is 11.7. The Labute approximate surface area is 96.5 Å². The van der Waals surface area contributed by atoms with E-state index in [1.165, 1.54) is 0 Å². The highest BCUT2D eigenvalue weighted by Crippen LogP contribution is 2.23. The van der Waals surface area contributed by atoms with Crippen molar-refractivity contribution < 1.29 is 4.21 Å². The molecular formula is C11H17N3OS. The zero-order chi connectivity index (χ0) is 12.0. The van der Waals surface area contributed by atoms with Gasteiger partial charge in [-0.2, -0.15) is 0 Å². The minimum Gasteiger partial charge on any atom is -0.253 e. The zero-order valence-electron chi connectivity index (χ0n) is 9.91. The van der Waals surface area contributed by atoms with Gasteiger partial charge in [-0.05, 0) is 0 Å². The van der Waals surface area contributed by atoms with Crippen LogP contribution in [0.3, 0.4) is 0 Å². The summed E-state index contributed by atoms with van der Waals surface area (Å²) in [5.74, 6) is 1.57. The second-order valence-corrected chi connectivity index (χ2v) is 7.65. The molecule has 1 aromatic heterocycles. The Kier molecular flexibility index (Phi) is 2.53. The number of aryl methyl sites for hydroxylation is 1. The molecular weight excluding hydrogens is 222 g/mol. The highest BCUT2D eigenvalue weighted by atomic mass is 32.2. The van der Waals surface area contributed by atoms with Crippen molar-refractivity contribution in [3.63, 3.8) is 0 Å². The number of fused-ring (bicyclic) bond motifs is 1. The molecule has 0 spiro atoms. The van der Waals surface area contributed by atoms with Crippen molar-refractivity contribution in [2.45, 2.75) is 38.4 Å². The van der Waals surface area contributed by atoms with Crippen molar-refractivity contribution in [3.05, 3.63) is 23.3 Å². The van der Waals surface area contributed by atoms with Crippen LogP contribution in [-0.4, -0.2) is 19.9 Å². The van der Waals surface area contributed by atoms with E-state index in [0.29, 0.717) is 17.9 Å². The third kappa shape index (κ3) is 2.24. The maximum Gasteiger partial charge on any atom is 0.133 e. The first-order valence-corrected chi connectivity index (χ1v) is 7.27. The van der Waals surface area contributed by atoms with Crippen LogP contribution in [0.1, 0.15) is 37.9 Å². The van der Waals surface area contributed by atoms with E-state index >= 15 is 0 Å². The first-order valence-electron chi connectivity index (χ1n) is 5.37. The highest BCUT2D eigenvalue weighted by molar-refractivity contribution is 7.91. The quantitative estimate of drug-likeness (QED) is 0.751. The first kappa shape index (κ1) is 11.5. The van der Waals surface area contributed by atoms with Crippen LogP contribution < -0.4 is 0 Å². The molecule has 1 atom stereocenters. The molecule has 0 fully saturated rings. The van der Waals surface area contributed by atoms with Crippen molar-refractivity contribution >= 4 is 9.73 Å². The summed E-state index contributed by atoms with van der Waals surface area (Å²) < 4.78 is 19.3. The fraction of sp³-hybridized carbons (Fsp3) is 0.636. The lowest BCUT2D eigenvalue weighted by Crippen LogP contribution is -2.23. The van der Waals surface area contributed by atoms with Gasteiger partial charge in [0, 0.05) is 44.8 Å². The van der Waals surface area contributed by atoms with Gasteiger partial charge in [0.05, 0.1) is 5.75 Å². The molecule has 0 unspecified atom stereocenters. The summed E-state index contributed by atoms with van der Waals surface area (Å²) in [6, 6.07) is 0. The predicted octanol–water partition coefficient (Wildman–Crippen LogP) is 1.88. The van der Waals surface area contributed by atoms with Crippen LogP contribution in [-0.2, 0) is 27.3 Å². The maximum atomic E-state index is 11.7. The molecule has 0 saturated heterocycles. The average Bonchev–Trinajstić information content (AvgIpc) is 2.14. The molecule has 0 aliphatic carbocycles. The highest BCUT2D eigenvalue weighted by Gasteiger charge is 2.23. The van der Waals surface area contributed by atoms with Crippen LogP contribution in [0.15, 0.2) is 6.20 Å². The Balaban J connectivity index is 2.43. The molecule has 0 radical (unpaired) electrons. The van der Waals surface area contributed by atoms with E-state index in [-0.39, 0.29) is 5.41 Å². The van der Waals surface area contributed by atoms with Crippen LogP contribution in [0.5, 0.6) is 0 Å². The number of rotatable bonds is 0. The average molecular weight is 239 g/mol. The molecule has 0 bridgehead atoms. The normalized spacial score (nSPS) is 25.2. The smallest absolute Gasteiger partial charge is 0.133 e. The number of hydrogen-bond acceptors (Lipinski definition) is 4. The Morgan fingerprint density at radius 2 is 2.12 bits per heavy atom. The van der Waals surface area contributed by atoms with Crippen LogP contribution >= 0.6 is 0 Å². The van der Waals surface area contributed by atoms with Gasteiger partial charge in [-0.3, -0.25) is 4.78 Å². The van der Waals surface area contributed by atoms with Gasteiger partial charge in [0.2, 0.25) is 0 Å². The summed E-state index contributed by atoms with van der Waals surface area (Å²) >= 11 is 0. The number of hydrogen-bond donors (Lipinski definition) is 1. The zero-order valence-corrected chi connectivity index (χ0v) is 10.7. The summed E-state index contributed by atoms with van der Waals surface area (Å²) in [6.07, 6.45) is 2.39. The molecule has 0 saturated carbocycles. The topological polar surface area (TPSA) is 66.7 Å². The lowest BCUT2D eigenvalue weighted by Gasteiger charge is -2.21. The Morgan fingerprint density at radius 1 is 1.44 bits per heavy atom. The number of nitrogens with one attached hydrogen (secondary N) is 1. The molecule has 1 aromatic rings. The van der Waals surface area contributed by atoms with Crippen LogP contribution in [0.25, 0.3) is 0 Å². The molecule has 1 aliphatic rings. The van der Waals surface area contributed by atoms with Gasteiger partial charge in [-0.1, -0.05) is 20.8 Å². The monoisotopic (exact) mass is 239 g/mol. The SMILES string of the molecule is CC(C)(C)c1ncc2c(n1)CC[S@@](=N)(=O)C2. The van der Waals surface area contributed by atoms with E-state index in [4.69, 9.17) is 4.78 Å². The molecule has 5 heteroatoms. The molecule has 4 nitrogen and oxygen atoms in total. The van der Waals surface area contributed by atoms with E-state index in [1.54, 1.807) is 6.20 Å². The largest absolute Gasteiger partial charge is 0.253 e. The van der Waals surface area contributed by atoms with Crippen molar-refractivity contribution in [2.75, 3.05) is 5.75 Å². The van der Waals surface area contributed by atoms with Gasteiger partial charge in [-0.15, -0.1) is 0 Å². The number of aromatic nitrogens is 2. The van der Waals surface area contributed by atoms with E-state index < -0.39 is 9.73 Å². The van der Waals surface area contributed by atoms with Crippen LogP contribution in [0.2, 0.25) is 0 Å². The third-order valence-corrected chi connectivity index (χ3v) is 4.32. The predicted molar refractivity (Wildman–Crippen MR) is 63.9 cm³/mol. The minimum absolute atomic E-state index is 0.0607. The molecule has 2 rings (SSSR count). The summed E-state index contributed by atoms with van der Waals surface area (Å²) in [7, 11) is -2.42. The molecule has 1 aliphatic heterocycles. The van der Waals surface area contributed by atoms with E-state index in [2.05, 4.69) is 30.7 Å². The molecule has 0 aromatic carbocycles. The van der Waals surface area contributed by atoms with Gasteiger partial charge in [-0.25, -0.2) is 14.2 Å². The van der Waals surface area contributed by atoms with E-state index in [0.717, 1.165) is 17.1 Å². The Morgan fingerprint density at radius 3 is 2.75 bits per heavy atom. The van der Waals surface area contributed by atoms with Gasteiger partial charge < -0.3 is 0 Å². The lowest BCUT2D eigenvalue weighted by molar-refractivity contribution is 0.540. The summed E-state index contributed by atoms with van der Waals surface area (Å²) in [4.78, 5) is 8.84. The minimum atomic E-state index is -2.42. The van der Waals surface area contributed by atoms with E-state index in [1.807, 2.05) is 0 Å². The van der Waals surface area contributed by atoms with Crippen molar-refractivity contribution in [3.8, 4) is 0 Å². The van der Waals surface area contributed by atoms with Crippen LogP contribution in [0, 0.1) is 4.78 Å². The summed E-state index contributed by atoms with van der Waals surface area (Å²) in [6.45, 7) is 6.22. The van der Waals surface area contributed by atoms with Gasteiger partial charge in [0.25, 0.3) is 0 Å². The van der Waals surface area contributed by atoms with Crippen LogP contribution in [0.4, 0.5) is 0 Å². The van der Waals surface area contributed by atoms with Gasteiger partial charge in [0.15, 0.2) is 0 Å². The van der Waals surface area contributed by atoms with Gasteiger partial charge in [0.1, 0.15) is 5.82 Å². The molecule has 2 heterocycles. The Hall–Kier alpha value is -0.970.